The van der Waals surface area contributed by atoms with Crippen LogP contribution in [0.4, 0.5) is 21.7 Å². The highest BCUT2D eigenvalue weighted by Crippen LogP contribution is 2.26. The van der Waals surface area contributed by atoms with Crippen LogP contribution in [0.5, 0.6) is 0 Å². The molecule has 0 aromatic carbocycles. The molecule has 2 atom stereocenters. The quantitative estimate of drug-likeness (QED) is 0.468. The normalized spacial score (nSPS) is 13.2. The molecule has 4 N–H and O–H groups in total. The Labute approximate surface area is 194 Å². The molecule has 2 aromatic rings. The van der Waals surface area contributed by atoms with Gasteiger partial charge in [0.1, 0.15) is 11.4 Å². The summed E-state index contributed by atoms with van der Waals surface area (Å²) >= 11 is 0. The van der Waals surface area contributed by atoms with Crippen LogP contribution in [0.15, 0.2) is 18.3 Å². The van der Waals surface area contributed by atoms with Crippen LogP contribution >= 0.6 is 0 Å². The summed E-state index contributed by atoms with van der Waals surface area (Å²) in [5, 5.41) is 6.05. The third kappa shape index (κ3) is 7.40. The molecule has 0 aliphatic carbocycles. The first-order valence-electron chi connectivity index (χ1n) is 11.0. The zero-order valence-corrected chi connectivity index (χ0v) is 20.4. The predicted octanol–water partition coefficient (Wildman–Crippen LogP) is 4.63. The number of nitrogens with two attached hydrogens (primary N) is 1. The number of aryl methyl sites for hydroxylation is 2. The van der Waals surface area contributed by atoms with E-state index in [0.717, 1.165) is 17.3 Å². The number of carbonyl (C=O) groups excluding carboxylic acids is 2. The lowest BCUT2D eigenvalue weighted by Crippen LogP contribution is -2.31. The fourth-order valence-corrected chi connectivity index (χ4v) is 3.33. The smallest absolute Gasteiger partial charge is 0.306 e. The molecule has 180 valence electrons. The number of rotatable bonds is 9. The molecule has 2 heterocycles. The van der Waals surface area contributed by atoms with E-state index in [-0.39, 0.29) is 41.5 Å². The number of esters is 1. The van der Waals surface area contributed by atoms with Gasteiger partial charge in [-0.3, -0.25) is 14.6 Å². The molecule has 2 aromatic heterocycles. The third-order valence-corrected chi connectivity index (χ3v) is 5.29. The Morgan fingerprint density at radius 1 is 1.21 bits per heavy atom. The van der Waals surface area contributed by atoms with Crippen LogP contribution in [0.1, 0.15) is 69.1 Å². The number of hydrogen-bond acceptors (Lipinski definition) is 7. The molecule has 8 nitrogen and oxygen atoms in total. The van der Waals surface area contributed by atoms with Gasteiger partial charge in [-0.2, -0.15) is 0 Å². The Morgan fingerprint density at radius 2 is 1.88 bits per heavy atom. The number of carbonyl (C=O) groups is 2. The van der Waals surface area contributed by atoms with E-state index in [1.54, 1.807) is 6.20 Å². The molecule has 0 saturated carbocycles. The third-order valence-electron chi connectivity index (χ3n) is 5.29. The minimum absolute atomic E-state index is 0.0468. The zero-order chi connectivity index (χ0) is 24.9. The van der Waals surface area contributed by atoms with E-state index in [2.05, 4.69) is 20.6 Å². The molecule has 9 heteroatoms. The van der Waals surface area contributed by atoms with Gasteiger partial charge in [0.25, 0.3) is 5.91 Å². The molecular weight excluding hydrogens is 425 g/mol. The minimum atomic E-state index is -0.809. The van der Waals surface area contributed by atoms with Gasteiger partial charge in [0, 0.05) is 11.7 Å². The number of nitrogens with one attached hydrogen (secondary N) is 2. The molecule has 2 rings (SSSR count). The van der Waals surface area contributed by atoms with Gasteiger partial charge in [-0.05, 0) is 65.2 Å². The number of pyridine rings is 2. The largest absolute Gasteiger partial charge is 0.460 e. The molecule has 0 aliphatic heterocycles. The average Bonchev–Trinajstić information content (AvgIpc) is 2.69. The van der Waals surface area contributed by atoms with E-state index in [4.69, 9.17) is 10.5 Å². The van der Waals surface area contributed by atoms with E-state index in [1.807, 2.05) is 54.5 Å². The van der Waals surface area contributed by atoms with Crippen LogP contribution in [0.25, 0.3) is 0 Å². The van der Waals surface area contributed by atoms with Crippen molar-refractivity contribution in [3.63, 3.8) is 0 Å². The molecule has 0 fully saturated rings. The highest BCUT2D eigenvalue weighted by Gasteiger charge is 2.25. The Bertz CT molecular complexity index is 1020. The van der Waals surface area contributed by atoms with Crippen LogP contribution in [0.3, 0.4) is 0 Å². The van der Waals surface area contributed by atoms with Gasteiger partial charge in [-0.15, -0.1) is 0 Å². The van der Waals surface area contributed by atoms with E-state index < -0.39 is 17.3 Å². The summed E-state index contributed by atoms with van der Waals surface area (Å²) in [7, 11) is 0. The number of aromatic nitrogens is 2. The number of nitrogens with zero attached hydrogens (tertiary/aromatic N) is 2. The first-order chi connectivity index (χ1) is 15.3. The van der Waals surface area contributed by atoms with Gasteiger partial charge in [0.2, 0.25) is 0 Å². The van der Waals surface area contributed by atoms with Gasteiger partial charge in [0.05, 0.1) is 23.9 Å². The molecule has 0 unspecified atom stereocenters. The Morgan fingerprint density at radius 3 is 2.42 bits per heavy atom. The van der Waals surface area contributed by atoms with Gasteiger partial charge in [0.15, 0.2) is 11.6 Å². The summed E-state index contributed by atoms with van der Waals surface area (Å²) in [5.41, 5.74) is 7.20. The van der Waals surface area contributed by atoms with E-state index >= 15 is 0 Å². The fraction of sp³-hybridized carbons (Fsp3) is 0.500. The van der Waals surface area contributed by atoms with E-state index in [0.29, 0.717) is 12.1 Å². The van der Waals surface area contributed by atoms with Crippen LogP contribution in [0, 0.1) is 25.6 Å². The second kappa shape index (κ2) is 10.6. The number of halogens is 1. The average molecular weight is 460 g/mol. The molecule has 1 amide bonds. The summed E-state index contributed by atoms with van der Waals surface area (Å²) in [5.74, 6) is -1.89. The predicted molar refractivity (Wildman–Crippen MR) is 127 cm³/mol. The van der Waals surface area contributed by atoms with Crippen molar-refractivity contribution in [3.05, 3.63) is 41.0 Å². The summed E-state index contributed by atoms with van der Waals surface area (Å²) < 4.78 is 20.2. The number of anilines is 3. The first-order valence-corrected chi connectivity index (χ1v) is 11.0. The van der Waals surface area contributed by atoms with Crippen molar-refractivity contribution in [2.45, 2.75) is 73.0 Å². The number of hydrogen-bond donors (Lipinski definition) is 3. The maximum Gasteiger partial charge on any atom is 0.306 e. The maximum absolute atomic E-state index is 14.8. The van der Waals surface area contributed by atoms with Crippen molar-refractivity contribution in [1.82, 2.24) is 9.97 Å². The highest BCUT2D eigenvalue weighted by atomic mass is 19.1. The summed E-state index contributed by atoms with van der Waals surface area (Å²) in [6.45, 7) is 13.0. The second-order valence-corrected chi connectivity index (χ2v) is 9.22. The fourth-order valence-electron chi connectivity index (χ4n) is 3.33. The lowest BCUT2D eigenvalue weighted by atomic mass is 9.94. The molecule has 0 spiro atoms. The topological polar surface area (TPSA) is 119 Å². The van der Waals surface area contributed by atoms with Crippen LogP contribution in [0.2, 0.25) is 0 Å². The maximum atomic E-state index is 14.8. The molecule has 0 radical (unpaired) electrons. The lowest BCUT2D eigenvalue weighted by molar-refractivity contribution is -0.156. The zero-order valence-electron chi connectivity index (χ0n) is 20.4. The summed E-state index contributed by atoms with van der Waals surface area (Å²) in [6.07, 6.45) is 2.46. The Kier molecular flexibility index (Phi) is 8.35. The SMILES string of the molecule is CC[C@H](CC(=O)OC(C)(C)C)[C@@H](C)Nc1nc(Nc2cnc(C)c(C)c2)c(C(N)=O)cc1F. The number of ether oxygens (including phenoxy) is 1. The highest BCUT2D eigenvalue weighted by molar-refractivity contribution is 5.98. The van der Waals surface area contributed by atoms with Gasteiger partial charge in [-0.1, -0.05) is 13.3 Å². The Hall–Kier alpha value is -3.23. The van der Waals surface area contributed by atoms with Crippen LogP contribution in [-0.4, -0.2) is 33.5 Å². The van der Waals surface area contributed by atoms with Gasteiger partial charge in [-0.25, -0.2) is 9.37 Å². The summed E-state index contributed by atoms with van der Waals surface area (Å²) in [4.78, 5) is 32.7. The van der Waals surface area contributed by atoms with Gasteiger partial charge < -0.3 is 21.1 Å². The van der Waals surface area contributed by atoms with E-state index in [1.165, 1.54) is 0 Å². The van der Waals surface area contributed by atoms with Crippen LogP contribution < -0.4 is 16.4 Å². The Balaban J connectivity index is 2.28. The standard InChI is InChI=1S/C24H34FN5O3/c1-8-16(10-20(31)33-24(5,6)7)15(4)28-23-19(25)11-18(21(26)32)22(30-23)29-17-9-13(2)14(3)27-12-17/h9,11-12,15-16H,8,10H2,1-7H3,(H2,26,32)(H2,28,29,30)/t15-,16-/m1/s1. The van der Waals surface area contributed by atoms with Crippen molar-refractivity contribution >= 4 is 29.2 Å². The first kappa shape index (κ1) is 26.0. The van der Waals surface area contributed by atoms with Crippen molar-refractivity contribution in [3.8, 4) is 0 Å². The van der Waals surface area contributed by atoms with Crippen molar-refractivity contribution in [1.29, 1.82) is 0 Å². The molecule has 0 aliphatic rings. The van der Waals surface area contributed by atoms with Crippen molar-refractivity contribution in [2.75, 3.05) is 10.6 Å². The lowest BCUT2D eigenvalue weighted by Gasteiger charge is -2.26. The number of amides is 1. The van der Waals surface area contributed by atoms with Crippen molar-refractivity contribution < 1.29 is 18.7 Å². The van der Waals surface area contributed by atoms with Crippen LogP contribution in [-0.2, 0) is 9.53 Å². The second-order valence-electron chi connectivity index (χ2n) is 9.22. The minimum Gasteiger partial charge on any atom is -0.460 e. The number of primary amides is 1. The molecule has 0 saturated heterocycles. The molecular formula is C24H34FN5O3. The van der Waals surface area contributed by atoms with Gasteiger partial charge >= 0.3 is 5.97 Å². The van der Waals surface area contributed by atoms with Crippen molar-refractivity contribution in [2.24, 2.45) is 11.7 Å². The van der Waals surface area contributed by atoms with E-state index in [9.17, 15) is 14.0 Å². The molecule has 0 bridgehead atoms. The summed E-state index contributed by atoms with van der Waals surface area (Å²) in [6, 6.07) is 2.61. The molecule has 33 heavy (non-hydrogen) atoms. The monoisotopic (exact) mass is 459 g/mol.